The van der Waals surface area contributed by atoms with Gasteiger partial charge in [-0.1, -0.05) is 36.4 Å². The minimum absolute atomic E-state index is 0.388. The molecule has 0 atom stereocenters. The number of para-hydroxylation sites is 1. The van der Waals surface area contributed by atoms with Crippen LogP contribution >= 0.6 is 0 Å². The first kappa shape index (κ1) is 18.0. The van der Waals surface area contributed by atoms with Crippen LogP contribution < -0.4 is 5.32 Å². The molecule has 1 fully saturated rings. The van der Waals surface area contributed by atoms with E-state index in [0.29, 0.717) is 26.2 Å². The first-order valence-electron chi connectivity index (χ1n) is 8.35. The van der Waals surface area contributed by atoms with Gasteiger partial charge >= 0.3 is 11.8 Å². The third-order valence-electron chi connectivity index (χ3n) is 4.30. The summed E-state index contributed by atoms with van der Waals surface area (Å²) in [5, 5.41) is 2.03. The molecule has 5 nitrogen and oxygen atoms in total. The summed E-state index contributed by atoms with van der Waals surface area (Å²) in [7, 11) is 0. The van der Waals surface area contributed by atoms with Gasteiger partial charge in [-0.3, -0.25) is 14.5 Å². The third kappa shape index (κ3) is 4.23. The minimum Gasteiger partial charge on any atom is -0.332 e. The fourth-order valence-electron chi connectivity index (χ4n) is 2.88. The molecule has 3 rings (SSSR count). The van der Waals surface area contributed by atoms with Crippen LogP contribution in [0, 0.1) is 11.6 Å². The normalized spacial score (nSPS) is 14.9. The molecule has 2 aromatic carbocycles. The summed E-state index contributed by atoms with van der Waals surface area (Å²) in [6, 6.07) is 13.2. The first-order chi connectivity index (χ1) is 12.5. The van der Waals surface area contributed by atoms with E-state index >= 15 is 0 Å². The van der Waals surface area contributed by atoms with E-state index < -0.39 is 29.1 Å². The van der Waals surface area contributed by atoms with Crippen LogP contribution in [-0.2, 0) is 16.1 Å². The molecule has 1 heterocycles. The van der Waals surface area contributed by atoms with Crippen LogP contribution in [0.3, 0.4) is 0 Å². The maximum Gasteiger partial charge on any atom is 0.314 e. The Kier molecular flexibility index (Phi) is 5.58. The number of rotatable bonds is 3. The largest absolute Gasteiger partial charge is 0.332 e. The monoisotopic (exact) mass is 359 g/mol. The standard InChI is InChI=1S/C19H19F2N3O2/c20-15-7-4-8-16(21)17(15)22-18(25)19(26)24-11-9-23(10-12-24)13-14-5-2-1-3-6-14/h1-8H,9-13H2,(H,22,25). The predicted molar refractivity (Wildman–Crippen MR) is 93.3 cm³/mol. The zero-order chi connectivity index (χ0) is 18.5. The number of halogens is 2. The van der Waals surface area contributed by atoms with Crippen molar-refractivity contribution in [2.75, 3.05) is 31.5 Å². The van der Waals surface area contributed by atoms with Crippen molar-refractivity contribution in [1.82, 2.24) is 9.80 Å². The molecule has 2 amide bonds. The molecule has 0 aromatic heterocycles. The lowest BCUT2D eigenvalue weighted by molar-refractivity contribution is -0.144. The average molecular weight is 359 g/mol. The Hall–Kier alpha value is -2.80. The number of amides is 2. The number of benzene rings is 2. The Bertz CT molecular complexity index is 770. The minimum atomic E-state index is -1.04. The Morgan fingerprint density at radius 3 is 2.12 bits per heavy atom. The number of anilines is 1. The topological polar surface area (TPSA) is 52.7 Å². The summed E-state index contributed by atoms with van der Waals surface area (Å²) in [5.74, 6) is -3.66. The maximum absolute atomic E-state index is 13.6. The van der Waals surface area contributed by atoms with Crippen LogP contribution in [0.2, 0.25) is 0 Å². The van der Waals surface area contributed by atoms with E-state index in [2.05, 4.69) is 4.90 Å². The van der Waals surface area contributed by atoms with Gasteiger partial charge in [0.15, 0.2) is 0 Å². The van der Waals surface area contributed by atoms with E-state index in [1.165, 1.54) is 16.5 Å². The van der Waals surface area contributed by atoms with Crippen molar-refractivity contribution in [2.45, 2.75) is 6.54 Å². The van der Waals surface area contributed by atoms with E-state index in [4.69, 9.17) is 0 Å². The lowest BCUT2D eigenvalue weighted by Gasteiger charge is -2.34. The van der Waals surface area contributed by atoms with Crippen LogP contribution in [0.1, 0.15) is 5.56 Å². The fraction of sp³-hybridized carbons (Fsp3) is 0.263. The van der Waals surface area contributed by atoms with Crippen molar-refractivity contribution in [3.05, 3.63) is 65.7 Å². The lowest BCUT2D eigenvalue weighted by atomic mass is 10.2. The summed E-state index contributed by atoms with van der Waals surface area (Å²) in [6.45, 7) is 2.80. The van der Waals surface area contributed by atoms with E-state index in [9.17, 15) is 18.4 Å². The number of carbonyl (C=O) groups excluding carboxylic acids is 2. The highest BCUT2D eigenvalue weighted by Gasteiger charge is 2.27. The fourth-order valence-corrected chi connectivity index (χ4v) is 2.88. The Morgan fingerprint density at radius 1 is 0.885 bits per heavy atom. The number of nitrogens with one attached hydrogen (secondary N) is 1. The molecule has 1 saturated heterocycles. The Labute approximate surface area is 150 Å². The molecule has 1 N–H and O–H groups in total. The molecule has 0 unspecified atom stereocenters. The highest BCUT2D eigenvalue weighted by atomic mass is 19.1. The third-order valence-corrected chi connectivity index (χ3v) is 4.30. The van der Waals surface area contributed by atoms with Gasteiger partial charge in [-0.2, -0.15) is 0 Å². The molecule has 1 aliphatic heterocycles. The van der Waals surface area contributed by atoms with Crippen LogP contribution in [0.15, 0.2) is 48.5 Å². The van der Waals surface area contributed by atoms with Crippen LogP contribution in [0.5, 0.6) is 0 Å². The predicted octanol–water partition coefficient (Wildman–Crippen LogP) is 2.25. The molecule has 0 bridgehead atoms. The van der Waals surface area contributed by atoms with Crippen molar-refractivity contribution in [3.8, 4) is 0 Å². The smallest absolute Gasteiger partial charge is 0.314 e. The second-order valence-corrected chi connectivity index (χ2v) is 6.10. The highest BCUT2D eigenvalue weighted by molar-refractivity contribution is 6.39. The molecule has 136 valence electrons. The van der Waals surface area contributed by atoms with Crippen LogP contribution in [0.25, 0.3) is 0 Å². The number of carbonyl (C=O) groups is 2. The van der Waals surface area contributed by atoms with Crippen molar-refractivity contribution < 1.29 is 18.4 Å². The number of hydrogen-bond acceptors (Lipinski definition) is 3. The van der Waals surface area contributed by atoms with E-state index in [-0.39, 0.29) is 0 Å². The second-order valence-electron chi connectivity index (χ2n) is 6.10. The number of piperazine rings is 1. The maximum atomic E-state index is 13.6. The number of hydrogen-bond donors (Lipinski definition) is 1. The zero-order valence-electron chi connectivity index (χ0n) is 14.1. The lowest BCUT2D eigenvalue weighted by Crippen LogP contribution is -2.51. The van der Waals surface area contributed by atoms with Crippen LogP contribution in [-0.4, -0.2) is 47.8 Å². The summed E-state index contributed by atoms with van der Waals surface area (Å²) < 4.78 is 27.2. The SMILES string of the molecule is O=C(Nc1c(F)cccc1F)C(=O)N1CCN(Cc2ccccc2)CC1. The Morgan fingerprint density at radius 2 is 1.50 bits per heavy atom. The van der Waals surface area contributed by atoms with Crippen molar-refractivity contribution >= 4 is 17.5 Å². The quantitative estimate of drug-likeness (QED) is 0.856. The highest BCUT2D eigenvalue weighted by Crippen LogP contribution is 2.18. The molecule has 0 aliphatic carbocycles. The summed E-state index contributed by atoms with van der Waals surface area (Å²) in [4.78, 5) is 27.9. The number of nitrogens with zero attached hydrogens (tertiary/aromatic N) is 2. The first-order valence-corrected chi connectivity index (χ1v) is 8.35. The summed E-state index contributed by atoms with van der Waals surface area (Å²) in [5.41, 5.74) is 0.577. The van der Waals surface area contributed by atoms with E-state index in [1.807, 2.05) is 35.6 Å². The van der Waals surface area contributed by atoms with Gasteiger partial charge in [-0.05, 0) is 17.7 Å². The van der Waals surface area contributed by atoms with E-state index in [1.54, 1.807) is 0 Å². The Balaban J connectivity index is 1.54. The summed E-state index contributed by atoms with van der Waals surface area (Å²) in [6.07, 6.45) is 0. The average Bonchev–Trinajstić information content (AvgIpc) is 2.65. The van der Waals surface area contributed by atoms with Gasteiger partial charge in [-0.25, -0.2) is 8.78 Å². The molecule has 1 aliphatic rings. The van der Waals surface area contributed by atoms with E-state index in [0.717, 1.165) is 18.7 Å². The molecular weight excluding hydrogens is 340 g/mol. The van der Waals surface area contributed by atoms with Gasteiger partial charge in [0, 0.05) is 32.7 Å². The van der Waals surface area contributed by atoms with Gasteiger partial charge in [-0.15, -0.1) is 0 Å². The molecular formula is C19H19F2N3O2. The van der Waals surface area contributed by atoms with Crippen LogP contribution in [0.4, 0.5) is 14.5 Å². The van der Waals surface area contributed by atoms with Gasteiger partial charge in [0.1, 0.15) is 17.3 Å². The van der Waals surface area contributed by atoms with Crippen molar-refractivity contribution in [1.29, 1.82) is 0 Å². The molecule has 0 radical (unpaired) electrons. The second kappa shape index (κ2) is 8.05. The molecule has 2 aromatic rings. The molecule has 0 saturated carbocycles. The zero-order valence-corrected chi connectivity index (χ0v) is 14.1. The van der Waals surface area contributed by atoms with Crippen molar-refractivity contribution in [2.24, 2.45) is 0 Å². The van der Waals surface area contributed by atoms with Crippen molar-refractivity contribution in [3.63, 3.8) is 0 Å². The molecule has 7 heteroatoms. The van der Waals surface area contributed by atoms with Gasteiger partial charge in [0.2, 0.25) is 0 Å². The van der Waals surface area contributed by atoms with Gasteiger partial charge in [0.25, 0.3) is 0 Å². The molecule has 26 heavy (non-hydrogen) atoms. The van der Waals surface area contributed by atoms with Gasteiger partial charge < -0.3 is 10.2 Å². The molecule has 0 spiro atoms. The summed E-state index contributed by atoms with van der Waals surface area (Å²) >= 11 is 0. The van der Waals surface area contributed by atoms with Gasteiger partial charge in [0.05, 0.1) is 0 Å².